The van der Waals surface area contributed by atoms with E-state index in [-0.39, 0.29) is 12.0 Å². The predicted octanol–water partition coefficient (Wildman–Crippen LogP) is 0.605. The van der Waals surface area contributed by atoms with Crippen molar-refractivity contribution in [2.24, 2.45) is 10.7 Å². The molecule has 96 valence electrons. The normalized spacial score (nSPS) is 20.8. The van der Waals surface area contributed by atoms with Gasteiger partial charge in [-0.1, -0.05) is 0 Å². The van der Waals surface area contributed by atoms with Crippen molar-refractivity contribution in [2.45, 2.75) is 31.7 Å². The van der Waals surface area contributed by atoms with Gasteiger partial charge in [-0.15, -0.1) is 0 Å². The van der Waals surface area contributed by atoms with E-state index >= 15 is 0 Å². The van der Waals surface area contributed by atoms with E-state index in [1.54, 1.807) is 7.05 Å². The van der Waals surface area contributed by atoms with E-state index in [4.69, 9.17) is 5.73 Å². The summed E-state index contributed by atoms with van der Waals surface area (Å²) in [4.78, 5) is 15.0. The van der Waals surface area contributed by atoms with Gasteiger partial charge in [0, 0.05) is 37.1 Å². The zero-order valence-electron chi connectivity index (χ0n) is 10.5. The van der Waals surface area contributed by atoms with Crippen LogP contribution in [0, 0.1) is 0 Å². The predicted molar refractivity (Wildman–Crippen MR) is 67.9 cm³/mol. The maximum atomic E-state index is 11.0. The maximum absolute atomic E-state index is 11.0. The highest BCUT2D eigenvalue weighted by atomic mass is 16.5. The Morgan fingerprint density at radius 1 is 1.71 bits per heavy atom. The van der Waals surface area contributed by atoms with E-state index in [2.05, 4.69) is 15.0 Å². The Labute approximate surface area is 102 Å². The zero-order chi connectivity index (χ0) is 12.7. The van der Waals surface area contributed by atoms with E-state index in [9.17, 15) is 4.79 Å². The van der Waals surface area contributed by atoms with Gasteiger partial charge in [-0.2, -0.15) is 0 Å². The van der Waals surface area contributed by atoms with Crippen LogP contribution in [0.4, 0.5) is 0 Å². The first kappa shape index (κ1) is 13.7. The molecule has 0 radical (unpaired) electrons. The van der Waals surface area contributed by atoms with Crippen LogP contribution in [-0.2, 0) is 9.53 Å². The SMILES string of the molecule is CN=CC1=C(NCCC(=O)OC)CCC[C@H]1N. The van der Waals surface area contributed by atoms with Gasteiger partial charge in [0.15, 0.2) is 0 Å². The fourth-order valence-electron chi connectivity index (χ4n) is 1.94. The van der Waals surface area contributed by atoms with Crippen molar-refractivity contribution in [1.82, 2.24) is 5.32 Å². The molecule has 0 bridgehead atoms. The van der Waals surface area contributed by atoms with E-state index in [0.717, 1.165) is 30.5 Å². The number of carbonyl (C=O) groups excluding carboxylic acids is 1. The van der Waals surface area contributed by atoms with Crippen molar-refractivity contribution in [3.8, 4) is 0 Å². The van der Waals surface area contributed by atoms with Gasteiger partial charge in [0.1, 0.15) is 0 Å². The van der Waals surface area contributed by atoms with Crippen molar-refractivity contribution in [3.63, 3.8) is 0 Å². The number of nitrogens with two attached hydrogens (primary N) is 1. The number of ether oxygens (including phenoxy) is 1. The number of carbonyl (C=O) groups is 1. The molecule has 5 heteroatoms. The second-order valence-electron chi connectivity index (χ2n) is 4.07. The third kappa shape index (κ3) is 4.19. The van der Waals surface area contributed by atoms with Crippen LogP contribution in [-0.4, -0.2) is 38.9 Å². The summed E-state index contributed by atoms with van der Waals surface area (Å²) >= 11 is 0. The number of hydrogen-bond donors (Lipinski definition) is 2. The van der Waals surface area contributed by atoms with Crippen LogP contribution in [0.1, 0.15) is 25.7 Å². The minimum atomic E-state index is -0.205. The molecule has 0 aromatic carbocycles. The number of nitrogens with one attached hydrogen (secondary N) is 1. The van der Waals surface area contributed by atoms with Crippen LogP contribution >= 0.6 is 0 Å². The fourth-order valence-corrected chi connectivity index (χ4v) is 1.94. The van der Waals surface area contributed by atoms with Gasteiger partial charge in [0.05, 0.1) is 13.5 Å². The number of esters is 1. The van der Waals surface area contributed by atoms with E-state index in [1.165, 1.54) is 7.11 Å². The average Bonchev–Trinajstić information content (AvgIpc) is 2.33. The molecular weight excluding hydrogens is 218 g/mol. The molecule has 0 aromatic heterocycles. The highest BCUT2D eigenvalue weighted by Gasteiger charge is 2.18. The number of rotatable bonds is 5. The Hall–Kier alpha value is -1.36. The van der Waals surface area contributed by atoms with Crippen LogP contribution in [0.25, 0.3) is 0 Å². The van der Waals surface area contributed by atoms with E-state index < -0.39 is 0 Å². The number of aliphatic imine (C=N–C) groups is 1. The maximum Gasteiger partial charge on any atom is 0.307 e. The van der Waals surface area contributed by atoms with Gasteiger partial charge in [-0.25, -0.2) is 0 Å². The molecule has 1 aliphatic carbocycles. The second kappa shape index (κ2) is 7.06. The van der Waals surface area contributed by atoms with Gasteiger partial charge < -0.3 is 15.8 Å². The third-order valence-electron chi connectivity index (χ3n) is 2.85. The molecule has 0 saturated carbocycles. The van der Waals surface area contributed by atoms with Gasteiger partial charge >= 0.3 is 5.97 Å². The minimum Gasteiger partial charge on any atom is -0.469 e. The molecular formula is C12H21N3O2. The largest absolute Gasteiger partial charge is 0.469 e. The van der Waals surface area contributed by atoms with Crippen molar-refractivity contribution < 1.29 is 9.53 Å². The summed E-state index contributed by atoms with van der Waals surface area (Å²) in [5.41, 5.74) is 8.20. The van der Waals surface area contributed by atoms with Crippen LogP contribution in [0.5, 0.6) is 0 Å². The zero-order valence-corrected chi connectivity index (χ0v) is 10.5. The highest BCUT2D eigenvalue weighted by Crippen LogP contribution is 2.20. The average molecular weight is 239 g/mol. The van der Waals surface area contributed by atoms with Crippen molar-refractivity contribution >= 4 is 12.2 Å². The smallest absolute Gasteiger partial charge is 0.307 e. The van der Waals surface area contributed by atoms with Crippen LogP contribution < -0.4 is 11.1 Å². The number of hydrogen-bond acceptors (Lipinski definition) is 5. The monoisotopic (exact) mass is 239 g/mol. The third-order valence-corrected chi connectivity index (χ3v) is 2.85. The van der Waals surface area contributed by atoms with Crippen LogP contribution in [0.3, 0.4) is 0 Å². The first-order chi connectivity index (χ1) is 8.19. The summed E-state index contributed by atoms with van der Waals surface area (Å²) in [5, 5.41) is 3.26. The first-order valence-electron chi connectivity index (χ1n) is 5.90. The molecule has 0 heterocycles. The Morgan fingerprint density at radius 3 is 3.12 bits per heavy atom. The van der Waals surface area contributed by atoms with Crippen molar-refractivity contribution in [2.75, 3.05) is 20.7 Å². The number of nitrogens with zero attached hydrogens (tertiary/aromatic N) is 1. The molecule has 1 aliphatic rings. The minimum absolute atomic E-state index is 0.0491. The lowest BCUT2D eigenvalue weighted by atomic mass is 9.92. The Balaban J connectivity index is 2.58. The molecule has 0 fully saturated rings. The van der Waals surface area contributed by atoms with Gasteiger partial charge in [-0.3, -0.25) is 9.79 Å². The van der Waals surface area contributed by atoms with Gasteiger partial charge in [0.25, 0.3) is 0 Å². The van der Waals surface area contributed by atoms with Gasteiger partial charge in [-0.05, 0) is 19.3 Å². The summed E-state index contributed by atoms with van der Waals surface area (Å²) in [6.45, 7) is 0.579. The van der Waals surface area contributed by atoms with Crippen LogP contribution in [0.2, 0.25) is 0 Å². The summed E-state index contributed by atoms with van der Waals surface area (Å²) in [6, 6.07) is 0.0491. The summed E-state index contributed by atoms with van der Waals surface area (Å²) < 4.78 is 4.59. The molecule has 0 unspecified atom stereocenters. The lowest BCUT2D eigenvalue weighted by Crippen LogP contribution is -2.32. The molecule has 1 atom stereocenters. The second-order valence-corrected chi connectivity index (χ2v) is 4.07. The Kier molecular flexibility index (Phi) is 5.69. The van der Waals surface area contributed by atoms with Gasteiger partial charge in [0.2, 0.25) is 0 Å². The Morgan fingerprint density at radius 2 is 2.47 bits per heavy atom. The first-order valence-corrected chi connectivity index (χ1v) is 5.90. The van der Waals surface area contributed by atoms with Crippen LogP contribution in [0.15, 0.2) is 16.3 Å². The molecule has 0 spiro atoms. The van der Waals surface area contributed by atoms with Crippen molar-refractivity contribution in [3.05, 3.63) is 11.3 Å². The summed E-state index contributed by atoms with van der Waals surface area (Å²) in [6.07, 6.45) is 5.21. The van der Waals surface area contributed by atoms with E-state index in [1.807, 2.05) is 6.21 Å². The Bertz CT molecular complexity index is 324. The molecule has 1 rings (SSSR count). The van der Waals surface area contributed by atoms with E-state index in [0.29, 0.717) is 13.0 Å². The quantitative estimate of drug-likeness (QED) is 0.544. The summed E-state index contributed by atoms with van der Waals surface area (Å²) in [7, 11) is 3.13. The molecule has 0 aromatic rings. The topological polar surface area (TPSA) is 76.7 Å². The highest BCUT2D eigenvalue weighted by molar-refractivity contribution is 5.81. The molecule has 0 aliphatic heterocycles. The molecule has 0 amide bonds. The lowest BCUT2D eigenvalue weighted by Gasteiger charge is -2.24. The van der Waals surface area contributed by atoms with Crippen molar-refractivity contribution in [1.29, 1.82) is 0 Å². The standard InChI is InChI=1S/C12H21N3O2/c1-14-8-9-10(13)4-3-5-11(9)15-7-6-12(16)17-2/h8,10,15H,3-7,13H2,1-2H3/t10-/m1/s1. The molecule has 17 heavy (non-hydrogen) atoms. The molecule has 3 N–H and O–H groups in total. The lowest BCUT2D eigenvalue weighted by molar-refractivity contribution is -0.140. The number of allylic oxidation sites excluding steroid dienone is 1. The summed E-state index contributed by atoms with van der Waals surface area (Å²) in [5.74, 6) is -0.205. The number of methoxy groups -OCH3 is 1. The molecule has 5 nitrogen and oxygen atoms in total. The molecule has 0 saturated heterocycles. The fraction of sp³-hybridized carbons (Fsp3) is 0.667.